The SMILES string of the molecule is Cc1cc(C)c(CC(C)(C)NCC(O)c2cc(O)cc3c2OCC(=O)N3)c(C)c1.O=C1COc2ccccc2N1. The summed E-state index contributed by atoms with van der Waals surface area (Å²) in [6, 6.07) is 14.6. The molecule has 2 aliphatic heterocycles. The Labute approximate surface area is 234 Å². The molecule has 2 aliphatic rings. The molecular weight excluding hydrogens is 510 g/mol. The highest BCUT2D eigenvalue weighted by atomic mass is 16.5. The number of benzene rings is 3. The Balaban J connectivity index is 0.000000278. The molecule has 0 radical (unpaired) electrons. The van der Waals surface area contributed by atoms with Crippen molar-refractivity contribution >= 4 is 23.2 Å². The van der Waals surface area contributed by atoms with Gasteiger partial charge in [-0.05, 0) is 75.9 Å². The number of anilines is 2. The average molecular weight is 548 g/mol. The van der Waals surface area contributed by atoms with Crippen LogP contribution in [0.15, 0.2) is 48.5 Å². The molecule has 1 atom stereocenters. The van der Waals surface area contributed by atoms with Gasteiger partial charge in [0.2, 0.25) is 0 Å². The zero-order valence-corrected chi connectivity index (χ0v) is 23.6. The molecule has 9 heteroatoms. The number of rotatable bonds is 6. The zero-order chi connectivity index (χ0) is 29.0. The van der Waals surface area contributed by atoms with Crippen molar-refractivity contribution in [3.05, 3.63) is 76.3 Å². The topological polar surface area (TPSA) is 129 Å². The van der Waals surface area contributed by atoms with Crippen LogP contribution in [0, 0.1) is 20.8 Å². The van der Waals surface area contributed by atoms with Gasteiger partial charge in [0.15, 0.2) is 13.2 Å². The van der Waals surface area contributed by atoms with Crippen LogP contribution < -0.4 is 25.4 Å². The van der Waals surface area contributed by atoms with Crippen molar-refractivity contribution < 1.29 is 29.3 Å². The fourth-order valence-electron chi connectivity index (χ4n) is 4.96. The van der Waals surface area contributed by atoms with Gasteiger partial charge < -0.3 is 35.6 Å². The van der Waals surface area contributed by atoms with Crippen molar-refractivity contribution in [3.63, 3.8) is 0 Å². The number of para-hydroxylation sites is 2. The van der Waals surface area contributed by atoms with Gasteiger partial charge in [0.05, 0.1) is 17.5 Å². The minimum Gasteiger partial charge on any atom is -0.508 e. The monoisotopic (exact) mass is 547 g/mol. The van der Waals surface area contributed by atoms with Gasteiger partial charge in [-0.15, -0.1) is 0 Å². The van der Waals surface area contributed by atoms with Crippen LogP contribution >= 0.6 is 0 Å². The molecule has 0 fully saturated rings. The van der Waals surface area contributed by atoms with E-state index in [1.807, 2.05) is 24.3 Å². The number of phenolic OH excluding ortho intramolecular Hbond substituents is 1. The Bertz CT molecular complexity index is 1400. The molecule has 0 saturated heterocycles. The van der Waals surface area contributed by atoms with Gasteiger partial charge >= 0.3 is 0 Å². The number of ether oxygens (including phenoxy) is 2. The van der Waals surface area contributed by atoms with Gasteiger partial charge in [0.25, 0.3) is 11.8 Å². The number of hydrogen-bond acceptors (Lipinski definition) is 7. The third kappa shape index (κ3) is 7.11. The van der Waals surface area contributed by atoms with E-state index in [1.165, 1.54) is 34.4 Å². The first-order valence-corrected chi connectivity index (χ1v) is 13.2. The number of phenols is 1. The van der Waals surface area contributed by atoms with E-state index in [9.17, 15) is 19.8 Å². The lowest BCUT2D eigenvalue weighted by Crippen LogP contribution is -2.43. The quantitative estimate of drug-likeness (QED) is 0.311. The van der Waals surface area contributed by atoms with Crippen LogP contribution in [0.1, 0.15) is 47.8 Å². The van der Waals surface area contributed by atoms with Crippen LogP contribution in [-0.4, -0.2) is 47.3 Å². The van der Waals surface area contributed by atoms with Crippen LogP contribution in [0.2, 0.25) is 0 Å². The lowest BCUT2D eigenvalue weighted by atomic mass is 9.88. The molecule has 5 rings (SSSR count). The van der Waals surface area contributed by atoms with Gasteiger partial charge in [-0.25, -0.2) is 0 Å². The Morgan fingerprint density at radius 2 is 1.55 bits per heavy atom. The van der Waals surface area contributed by atoms with Crippen molar-refractivity contribution in [2.75, 3.05) is 30.4 Å². The highest BCUT2D eigenvalue weighted by Gasteiger charge is 2.26. The Kier molecular flexibility index (Phi) is 8.66. The van der Waals surface area contributed by atoms with Crippen LogP contribution in [0.25, 0.3) is 0 Å². The molecule has 5 N–H and O–H groups in total. The molecule has 0 aliphatic carbocycles. The number of β-amino-alcohol motifs (C(OH)–C–C–N with tert-alkyl or cyclic N) is 1. The lowest BCUT2D eigenvalue weighted by Gasteiger charge is -2.30. The Morgan fingerprint density at radius 1 is 0.925 bits per heavy atom. The Hall–Kier alpha value is -4.08. The third-order valence-electron chi connectivity index (χ3n) is 6.84. The van der Waals surface area contributed by atoms with Gasteiger partial charge in [-0.1, -0.05) is 29.8 Å². The number of aliphatic hydroxyl groups excluding tert-OH is 1. The minimum absolute atomic E-state index is 0.0336. The lowest BCUT2D eigenvalue weighted by molar-refractivity contribution is -0.119. The van der Waals surface area contributed by atoms with Crippen molar-refractivity contribution in [1.29, 1.82) is 0 Å². The highest BCUT2D eigenvalue weighted by Crippen LogP contribution is 2.39. The summed E-state index contributed by atoms with van der Waals surface area (Å²) in [4.78, 5) is 22.3. The number of aryl methyl sites for hydroxylation is 3. The van der Waals surface area contributed by atoms with Crippen LogP contribution in [-0.2, 0) is 16.0 Å². The minimum atomic E-state index is -0.898. The van der Waals surface area contributed by atoms with E-state index >= 15 is 0 Å². The van der Waals surface area contributed by atoms with E-state index in [0.717, 1.165) is 17.9 Å². The van der Waals surface area contributed by atoms with Crippen molar-refractivity contribution in [2.24, 2.45) is 0 Å². The fraction of sp³-hybridized carbons (Fsp3) is 0.355. The number of carbonyl (C=O) groups excluding carboxylic acids is 2. The van der Waals surface area contributed by atoms with E-state index in [4.69, 9.17) is 9.47 Å². The first-order chi connectivity index (χ1) is 18.9. The molecular formula is C31H37N3O6. The number of aliphatic hydroxyl groups is 1. The number of hydrogen-bond donors (Lipinski definition) is 5. The van der Waals surface area contributed by atoms with Crippen molar-refractivity contribution in [2.45, 2.75) is 52.7 Å². The maximum absolute atomic E-state index is 11.5. The summed E-state index contributed by atoms with van der Waals surface area (Å²) >= 11 is 0. The molecule has 1 unspecified atom stereocenters. The first kappa shape index (κ1) is 28.9. The number of nitrogens with one attached hydrogen (secondary N) is 3. The first-order valence-electron chi connectivity index (χ1n) is 13.2. The van der Waals surface area contributed by atoms with E-state index in [2.05, 4.69) is 62.7 Å². The number of fused-ring (bicyclic) bond motifs is 2. The summed E-state index contributed by atoms with van der Waals surface area (Å²) < 4.78 is 10.6. The summed E-state index contributed by atoms with van der Waals surface area (Å²) in [6.07, 6.45) is -0.0760. The van der Waals surface area contributed by atoms with Gasteiger partial charge in [-0.3, -0.25) is 9.59 Å². The van der Waals surface area contributed by atoms with Crippen LogP contribution in [0.4, 0.5) is 11.4 Å². The second-order valence-electron chi connectivity index (χ2n) is 10.9. The number of carbonyl (C=O) groups is 2. The number of amides is 2. The number of aromatic hydroxyl groups is 1. The van der Waals surface area contributed by atoms with Crippen molar-refractivity contribution in [1.82, 2.24) is 5.32 Å². The molecule has 2 amide bonds. The molecule has 40 heavy (non-hydrogen) atoms. The molecule has 9 nitrogen and oxygen atoms in total. The van der Waals surface area contributed by atoms with Gasteiger partial charge in [0.1, 0.15) is 17.2 Å². The van der Waals surface area contributed by atoms with Crippen LogP contribution in [0.3, 0.4) is 0 Å². The molecule has 3 aromatic rings. The van der Waals surface area contributed by atoms with E-state index in [1.54, 1.807) is 0 Å². The summed E-state index contributed by atoms with van der Waals surface area (Å²) in [5.41, 5.74) is 6.43. The standard InChI is InChI=1S/C23H30N2O4.C8H7NO2/c1-13-6-14(2)18(15(3)7-13)10-23(4,5)24-11-20(27)17-8-16(26)9-19-22(17)29-12-21(28)25-19;10-8-5-11-7-4-2-1-3-6(7)9-8/h6-9,20,24,26-27H,10-12H2,1-5H3,(H,25,28);1-4H,5H2,(H,9,10). The largest absolute Gasteiger partial charge is 0.508 e. The summed E-state index contributed by atoms with van der Waals surface area (Å²) in [6.45, 7) is 10.9. The molecule has 2 heterocycles. The maximum atomic E-state index is 11.5. The average Bonchev–Trinajstić information content (AvgIpc) is 2.89. The van der Waals surface area contributed by atoms with E-state index < -0.39 is 6.10 Å². The normalized spacial score (nSPS) is 14.8. The molecule has 212 valence electrons. The molecule has 0 aromatic heterocycles. The van der Waals surface area contributed by atoms with Crippen molar-refractivity contribution in [3.8, 4) is 17.2 Å². The fourth-order valence-corrected chi connectivity index (χ4v) is 4.96. The summed E-state index contributed by atoms with van der Waals surface area (Å²) in [5.74, 6) is 0.732. The highest BCUT2D eigenvalue weighted by molar-refractivity contribution is 5.96. The van der Waals surface area contributed by atoms with Crippen LogP contribution in [0.5, 0.6) is 17.2 Å². The molecule has 3 aromatic carbocycles. The maximum Gasteiger partial charge on any atom is 0.262 e. The smallest absolute Gasteiger partial charge is 0.262 e. The van der Waals surface area contributed by atoms with E-state index in [0.29, 0.717) is 17.0 Å². The third-order valence-corrected chi connectivity index (χ3v) is 6.84. The summed E-state index contributed by atoms with van der Waals surface area (Å²) in [7, 11) is 0. The predicted molar refractivity (Wildman–Crippen MR) is 154 cm³/mol. The second-order valence-corrected chi connectivity index (χ2v) is 10.9. The second kappa shape index (κ2) is 12.0. The molecule has 0 bridgehead atoms. The molecule has 0 spiro atoms. The van der Waals surface area contributed by atoms with Gasteiger partial charge in [-0.2, -0.15) is 0 Å². The van der Waals surface area contributed by atoms with Gasteiger partial charge in [0, 0.05) is 23.7 Å². The summed E-state index contributed by atoms with van der Waals surface area (Å²) in [5, 5.41) is 29.5. The zero-order valence-electron chi connectivity index (χ0n) is 23.6. The van der Waals surface area contributed by atoms with E-state index in [-0.39, 0.29) is 42.9 Å². The predicted octanol–water partition coefficient (Wildman–Crippen LogP) is 4.31. The Morgan fingerprint density at radius 3 is 2.25 bits per heavy atom. The molecule has 0 saturated carbocycles.